The maximum atomic E-state index is 12.2. The van der Waals surface area contributed by atoms with Gasteiger partial charge < -0.3 is 26.2 Å². The first kappa shape index (κ1) is 18.9. The van der Waals surface area contributed by atoms with E-state index in [9.17, 15) is 24.6 Å². The number of aliphatic hydroxyl groups excluding tert-OH is 1. The summed E-state index contributed by atoms with van der Waals surface area (Å²) in [6.45, 7) is 3.90. The van der Waals surface area contributed by atoms with Crippen LogP contribution in [0.4, 0.5) is 0 Å². The van der Waals surface area contributed by atoms with Gasteiger partial charge in [-0.15, -0.1) is 11.8 Å². The van der Waals surface area contributed by atoms with E-state index in [1.807, 2.05) is 0 Å². The standard InChI is InChI=1S/C17H23N3O5S/c1-7(15(18)22)3-9-4-10(6-19-9)26-12-5-11-13(8(2)21)16(23)20(11)14(12)17(24)25/h3,8-11,13,19,21H,4-6H2,1-2H3,(H2,18,22)(H,24,25)/t8-,9-,10+,11-,13-/m1/s1. The Morgan fingerprint density at radius 3 is 2.73 bits per heavy atom. The van der Waals surface area contributed by atoms with Crippen LogP contribution in [-0.4, -0.2) is 62.9 Å². The Hall–Kier alpha value is -1.84. The highest BCUT2D eigenvalue weighted by atomic mass is 32.2. The van der Waals surface area contributed by atoms with Crippen LogP contribution >= 0.6 is 11.8 Å². The fourth-order valence-corrected chi connectivity index (χ4v) is 5.32. The number of nitrogens with one attached hydrogen (secondary N) is 1. The molecular formula is C17H23N3O5S. The number of rotatable bonds is 6. The molecule has 2 saturated heterocycles. The van der Waals surface area contributed by atoms with Gasteiger partial charge in [-0.2, -0.15) is 0 Å². The van der Waals surface area contributed by atoms with Gasteiger partial charge >= 0.3 is 5.97 Å². The largest absolute Gasteiger partial charge is 0.477 e. The smallest absolute Gasteiger partial charge is 0.353 e. The van der Waals surface area contributed by atoms with Gasteiger partial charge in [0.15, 0.2) is 0 Å². The van der Waals surface area contributed by atoms with Crippen molar-refractivity contribution in [1.29, 1.82) is 0 Å². The molecule has 0 spiro atoms. The first-order valence-electron chi connectivity index (χ1n) is 8.56. The lowest BCUT2D eigenvalue weighted by Gasteiger charge is -2.44. The molecule has 0 bridgehead atoms. The summed E-state index contributed by atoms with van der Waals surface area (Å²) >= 11 is 1.47. The Balaban J connectivity index is 1.70. The van der Waals surface area contributed by atoms with E-state index in [0.29, 0.717) is 23.4 Å². The number of nitrogens with two attached hydrogens (primary N) is 1. The first-order valence-corrected chi connectivity index (χ1v) is 9.44. The molecule has 2 amide bonds. The van der Waals surface area contributed by atoms with Crippen molar-refractivity contribution in [3.05, 3.63) is 22.3 Å². The molecule has 0 aliphatic carbocycles. The molecule has 8 nitrogen and oxygen atoms in total. The van der Waals surface area contributed by atoms with E-state index in [4.69, 9.17) is 5.73 Å². The van der Waals surface area contributed by atoms with Crippen LogP contribution in [0.1, 0.15) is 26.7 Å². The molecule has 26 heavy (non-hydrogen) atoms. The van der Waals surface area contributed by atoms with E-state index in [0.717, 1.165) is 6.42 Å². The van der Waals surface area contributed by atoms with Crippen molar-refractivity contribution in [1.82, 2.24) is 10.2 Å². The molecule has 2 fully saturated rings. The maximum absolute atomic E-state index is 12.2. The van der Waals surface area contributed by atoms with Crippen LogP contribution in [0, 0.1) is 5.92 Å². The highest BCUT2D eigenvalue weighted by molar-refractivity contribution is 8.03. The van der Waals surface area contributed by atoms with Crippen LogP contribution < -0.4 is 11.1 Å². The van der Waals surface area contributed by atoms with E-state index in [1.165, 1.54) is 16.7 Å². The van der Waals surface area contributed by atoms with Crippen LogP contribution in [0.5, 0.6) is 0 Å². The van der Waals surface area contributed by atoms with Crippen LogP contribution in [-0.2, 0) is 14.4 Å². The third kappa shape index (κ3) is 3.26. The Morgan fingerprint density at radius 1 is 1.46 bits per heavy atom. The molecule has 0 saturated carbocycles. The minimum Gasteiger partial charge on any atom is -0.477 e. The number of nitrogens with zero attached hydrogens (tertiary/aromatic N) is 1. The molecular weight excluding hydrogens is 358 g/mol. The summed E-state index contributed by atoms with van der Waals surface area (Å²) in [6, 6.07) is -0.252. The number of carboxylic acid groups (broad SMARTS) is 1. The number of primary amides is 1. The Kier molecular flexibility index (Phi) is 5.14. The molecule has 0 aromatic rings. The molecule has 5 N–H and O–H groups in total. The highest BCUT2D eigenvalue weighted by Crippen LogP contribution is 2.48. The second kappa shape index (κ2) is 7.05. The molecule has 3 rings (SSSR count). The minimum atomic E-state index is -1.11. The molecule has 0 radical (unpaired) electrons. The average molecular weight is 381 g/mol. The number of hydrogen-bond donors (Lipinski definition) is 4. The van der Waals surface area contributed by atoms with Crippen LogP contribution in [0.3, 0.4) is 0 Å². The zero-order chi connectivity index (χ0) is 19.2. The van der Waals surface area contributed by atoms with E-state index in [1.54, 1.807) is 19.9 Å². The van der Waals surface area contributed by atoms with Crippen molar-refractivity contribution < 1.29 is 24.6 Å². The highest BCUT2D eigenvalue weighted by Gasteiger charge is 2.57. The number of carboxylic acids is 1. The number of carbonyl (C=O) groups is 3. The summed E-state index contributed by atoms with van der Waals surface area (Å²) in [5, 5.41) is 22.8. The van der Waals surface area contributed by atoms with Crippen molar-refractivity contribution >= 4 is 29.5 Å². The number of amides is 2. The van der Waals surface area contributed by atoms with Gasteiger partial charge in [0.2, 0.25) is 11.8 Å². The van der Waals surface area contributed by atoms with Crippen LogP contribution in [0.15, 0.2) is 22.3 Å². The van der Waals surface area contributed by atoms with Gasteiger partial charge in [0.1, 0.15) is 5.70 Å². The van der Waals surface area contributed by atoms with Gasteiger partial charge in [0.05, 0.1) is 18.1 Å². The van der Waals surface area contributed by atoms with Gasteiger partial charge in [0.25, 0.3) is 0 Å². The van der Waals surface area contributed by atoms with Gasteiger partial charge in [-0.3, -0.25) is 9.59 Å². The molecule has 0 unspecified atom stereocenters. The zero-order valence-corrected chi connectivity index (χ0v) is 15.5. The summed E-state index contributed by atoms with van der Waals surface area (Å²) < 4.78 is 0. The van der Waals surface area contributed by atoms with Crippen LogP contribution in [0.25, 0.3) is 0 Å². The number of hydrogen-bond acceptors (Lipinski definition) is 6. The third-order valence-electron chi connectivity index (χ3n) is 5.16. The average Bonchev–Trinajstić information content (AvgIpc) is 3.09. The van der Waals surface area contributed by atoms with Gasteiger partial charge in [-0.05, 0) is 20.3 Å². The first-order chi connectivity index (χ1) is 12.2. The molecule has 3 aliphatic rings. The van der Waals surface area contributed by atoms with E-state index in [-0.39, 0.29) is 28.9 Å². The Bertz CT molecular complexity index is 717. The topological polar surface area (TPSA) is 133 Å². The summed E-state index contributed by atoms with van der Waals surface area (Å²) in [7, 11) is 0. The van der Waals surface area contributed by atoms with Crippen molar-refractivity contribution in [3.63, 3.8) is 0 Å². The predicted octanol–water partition coefficient (Wildman–Crippen LogP) is -0.211. The molecule has 3 aliphatic heterocycles. The van der Waals surface area contributed by atoms with Gasteiger partial charge in [-0.1, -0.05) is 6.08 Å². The molecule has 9 heteroatoms. The number of β-lactam (4-membered cyclic amide) rings is 1. The number of thioether (sulfide) groups is 1. The maximum Gasteiger partial charge on any atom is 0.353 e. The monoisotopic (exact) mass is 381 g/mol. The number of fused-ring (bicyclic) bond motifs is 1. The Labute approximate surface area is 155 Å². The lowest BCUT2D eigenvalue weighted by Crippen LogP contribution is -2.61. The second-order valence-electron chi connectivity index (χ2n) is 7.03. The van der Waals surface area contributed by atoms with E-state index in [2.05, 4.69) is 5.32 Å². The van der Waals surface area contributed by atoms with Crippen molar-refractivity contribution in [2.24, 2.45) is 11.7 Å². The summed E-state index contributed by atoms with van der Waals surface area (Å²) in [5.41, 5.74) is 5.79. The number of carbonyl (C=O) groups excluding carboxylic acids is 2. The number of aliphatic hydroxyl groups is 1. The number of aliphatic carboxylic acids is 1. The zero-order valence-electron chi connectivity index (χ0n) is 14.6. The quantitative estimate of drug-likeness (QED) is 0.369. The van der Waals surface area contributed by atoms with Crippen molar-refractivity contribution in [2.75, 3.05) is 6.54 Å². The fourth-order valence-electron chi connectivity index (χ4n) is 3.87. The molecule has 142 valence electrons. The summed E-state index contributed by atoms with van der Waals surface area (Å²) in [5.74, 6) is -2.42. The molecule has 3 heterocycles. The minimum absolute atomic E-state index is 0.0131. The molecule has 5 atom stereocenters. The second-order valence-corrected chi connectivity index (χ2v) is 8.42. The SMILES string of the molecule is CC(=C[C@@H]1C[C@H](SC2=C(C(=O)O)N3C(=O)[C@H]([C@@H](C)O)[C@H]3C2)CN1)C(N)=O. The van der Waals surface area contributed by atoms with Crippen molar-refractivity contribution in [3.8, 4) is 0 Å². The van der Waals surface area contributed by atoms with Crippen molar-refractivity contribution in [2.45, 2.75) is 50.1 Å². The van der Waals surface area contributed by atoms with E-state index >= 15 is 0 Å². The summed E-state index contributed by atoms with van der Waals surface area (Å²) in [6.07, 6.45) is 2.21. The molecule has 0 aromatic carbocycles. The summed E-state index contributed by atoms with van der Waals surface area (Å²) in [4.78, 5) is 37.0. The fraction of sp³-hybridized carbons (Fsp3) is 0.588. The molecule has 0 aromatic heterocycles. The Morgan fingerprint density at radius 2 is 2.15 bits per heavy atom. The lowest BCUT2D eigenvalue weighted by atomic mass is 9.83. The predicted molar refractivity (Wildman–Crippen MR) is 95.8 cm³/mol. The lowest BCUT2D eigenvalue weighted by molar-refractivity contribution is -0.161. The normalized spacial score (nSPS) is 32.5. The van der Waals surface area contributed by atoms with Crippen LogP contribution in [0.2, 0.25) is 0 Å². The van der Waals surface area contributed by atoms with Gasteiger partial charge in [-0.25, -0.2) is 4.79 Å². The van der Waals surface area contributed by atoms with Gasteiger partial charge in [0, 0.05) is 34.7 Å². The van der Waals surface area contributed by atoms with E-state index < -0.39 is 23.9 Å². The third-order valence-corrected chi connectivity index (χ3v) is 6.50.